The zero-order valence-corrected chi connectivity index (χ0v) is 15.0. The summed E-state index contributed by atoms with van der Waals surface area (Å²) in [4.78, 5) is 14.8. The van der Waals surface area contributed by atoms with E-state index >= 15 is 0 Å². The molecule has 0 radical (unpaired) electrons. The molecule has 4 rings (SSSR count). The van der Waals surface area contributed by atoms with Crippen molar-refractivity contribution in [2.75, 3.05) is 38.2 Å². The molecule has 1 amide bonds. The van der Waals surface area contributed by atoms with Crippen molar-refractivity contribution in [3.05, 3.63) is 42.5 Å². The van der Waals surface area contributed by atoms with E-state index in [9.17, 15) is 4.79 Å². The van der Waals surface area contributed by atoms with Gasteiger partial charge in [0.15, 0.2) is 6.29 Å². The normalized spacial score (nSPS) is 19.8. The number of benzene rings is 2. The van der Waals surface area contributed by atoms with Crippen LogP contribution in [0.1, 0.15) is 19.3 Å². The van der Waals surface area contributed by atoms with Gasteiger partial charge in [-0.1, -0.05) is 36.4 Å². The third-order valence-corrected chi connectivity index (χ3v) is 5.38. The fraction of sp³-hybridized carbons (Fsp3) is 0.476. The van der Waals surface area contributed by atoms with E-state index in [4.69, 9.17) is 9.47 Å². The number of carbonyl (C=O) groups excluding carboxylic acids is 1. The third-order valence-electron chi connectivity index (χ3n) is 5.38. The highest BCUT2D eigenvalue weighted by molar-refractivity contribution is 6.02. The van der Waals surface area contributed by atoms with E-state index in [1.807, 2.05) is 30.3 Å². The number of hydrogen-bond donors (Lipinski definition) is 1. The van der Waals surface area contributed by atoms with Crippen molar-refractivity contribution < 1.29 is 14.3 Å². The second-order valence-corrected chi connectivity index (χ2v) is 7.11. The lowest BCUT2D eigenvalue weighted by Crippen LogP contribution is -2.39. The Hall–Kier alpha value is -1.95. The molecule has 5 heteroatoms. The first-order valence-corrected chi connectivity index (χ1v) is 9.53. The zero-order valence-electron chi connectivity index (χ0n) is 15.0. The Kier molecular flexibility index (Phi) is 5.48. The summed E-state index contributed by atoms with van der Waals surface area (Å²) in [6, 6.07) is 14.1. The number of amides is 1. The van der Waals surface area contributed by atoms with Crippen LogP contribution in [0.2, 0.25) is 0 Å². The molecule has 0 unspecified atom stereocenters. The van der Waals surface area contributed by atoms with E-state index in [1.54, 1.807) is 0 Å². The predicted molar refractivity (Wildman–Crippen MR) is 102 cm³/mol. The smallest absolute Gasteiger partial charge is 0.225 e. The van der Waals surface area contributed by atoms with Gasteiger partial charge in [0, 0.05) is 30.0 Å². The Bertz CT molecular complexity index is 745. The number of nitrogens with one attached hydrogen (secondary N) is 1. The minimum atomic E-state index is -0.00758. The van der Waals surface area contributed by atoms with Crippen LogP contribution in [0.3, 0.4) is 0 Å². The first kappa shape index (κ1) is 17.5. The molecule has 0 atom stereocenters. The molecule has 26 heavy (non-hydrogen) atoms. The van der Waals surface area contributed by atoms with Gasteiger partial charge < -0.3 is 19.7 Å². The number of anilines is 1. The molecule has 2 aromatic carbocycles. The fourth-order valence-electron chi connectivity index (χ4n) is 3.90. The molecule has 0 bridgehead atoms. The molecule has 1 N–H and O–H groups in total. The molecule has 2 heterocycles. The first-order valence-electron chi connectivity index (χ1n) is 9.53. The summed E-state index contributed by atoms with van der Waals surface area (Å²) in [6.45, 7) is 4.26. The third kappa shape index (κ3) is 4.06. The van der Waals surface area contributed by atoms with Gasteiger partial charge in [0.05, 0.1) is 13.2 Å². The number of nitrogens with zero attached hydrogens (tertiary/aromatic N) is 1. The number of fused-ring (bicyclic) bond motifs is 1. The summed E-state index contributed by atoms with van der Waals surface area (Å²) in [5, 5.41) is 5.30. The molecule has 5 nitrogen and oxygen atoms in total. The molecule has 2 saturated heterocycles. The fourth-order valence-corrected chi connectivity index (χ4v) is 3.90. The van der Waals surface area contributed by atoms with Gasteiger partial charge in [0.25, 0.3) is 0 Å². The van der Waals surface area contributed by atoms with Crippen LogP contribution in [-0.2, 0) is 14.3 Å². The minimum Gasteiger partial charge on any atom is -0.350 e. The number of ether oxygens (including phenoxy) is 2. The van der Waals surface area contributed by atoms with E-state index in [1.165, 1.54) is 0 Å². The summed E-state index contributed by atoms with van der Waals surface area (Å²) in [6.07, 6.45) is 2.67. The number of hydrogen-bond acceptors (Lipinski definition) is 4. The number of carbonyl (C=O) groups is 1. The van der Waals surface area contributed by atoms with Crippen LogP contribution in [0, 0.1) is 5.92 Å². The van der Waals surface area contributed by atoms with Crippen LogP contribution < -0.4 is 5.32 Å². The van der Waals surface area contributed by atoms with Gasteiger partial charge >= 0.3 is 0 Å². The number of piperidine rings is 1. The molecule has 0 spiro atoms. The maximum Gasteiger partial charge on any atom is 0.225 e. The van der Waals surface area contributed by atoms with Gasteiger partial charge in [-0.15, -0.1) is 0 Å². The van der Waals surface area contributed by atoms with E-state index in [-0.39, 0.29) is 12.2 Å². The summed E-state index contributed by atoms with van der Waals surface area (Å²) >= 11 is 0. The Labute approximate surface area is 154 Å². The second-order valence-electron chi connectivity index (χ2n) is 7.11. The highest BCUT2D eigenvalue weighted by Crippen LogP contribution is 2.26. The average Bonchev–Trinajstić information content (AvgIpc) is 3.22. The van der Waals surface area contributed by atoms with Gasteiger partial charge in [0.1, 0.15) is 0 Å². The van der Waals surface area contributed by atoms with Crippen molar-refractivity contribution >= 4 is 22.4 Å². The zero-order chi connectivity index (χ0) is 17.8. The molecular formula is C21H26N2O3. The van der Waals surface area contributed by atoms with Gasteiger partial charge in [-0.05, 0) is 37.4 Å². The summed E-state index contributed by atoms with van der Waals surface area (Å²) in [5.74, 6) is 0.573. The van der Waals surface area contributed by atoms with Gasteiger partial charge in [-0.3, -0.25) is 4.79 Å². The standard InChI is InChI=1S/C21H26N2O3/c24-20(22-19-7-3-5-16-4-1-2-6-18(16)19)10-13-23-11-8-17(9-12-23)21-25-14-15-26-21/h1-7,17,21H,8-15H2,(H,22,24). The lowest BCUT2D eigenvalue weighted by atomic mass is 9.96. The molecule has 0 saturated carbocycles. The SMILES string of the molecule is O=C(CCN1CCC(C2OCCO2)CC1)Nc1cccc2ccccc12. The molecule has 0 aromatic heterocycles. The molecule has 2 fully saturated rings. The van der Waals surface area contributed by atoms with Crippen molar-refractivity contribution in [1.29, 1.82) is 0 Å². The van der Waals surface area contributed by atoms with Gasteiger partial charge in [-0.25, -0.2) is 0 Å². The van der Waals surface area contributed by atoms with Gasteiger partial charge in [-0.2, -0.15) is 0 Å². The average molecular weight is 354 g/mol. The highest BCUT2D eigenvalue weighted by atomic mass is 16.7. The van der Waals surface area contributed by atoms with Crippen LogP contribution in [0.15, 0.2) is 42.5 Å². The van der Waals surface area contributed by atoms with E-state index < -0.39 is 0 Å². The van der Waals surface area contributed by atoms with Crippen molar-refractivity contribution in [2.45, 2.75) is 25.6 Å². The molecule has 0 aliphatic carbocycles. The molecule has 2 aliphatic rings. The van der Waals surface area contributed by atoms with Crippen molar-refractivity contribution in [3.8, 4) is 0 Å². The van der Waals surface area contributed by atoms with Crippen molar-refractivity contribution in [2.24, 2.45) is 5.92 Å². The molecule has 138 valence electrons. The monoisotopic (exact) mass is 354 g/mol. The summed E-state index contributed by atoms with van der Waals surface area (Å²) in [5.41, 5.74) is 0.891. The van der Waals surface area contributed by atoms with Crippen LogP contribution in [-0.4, -0.2) is 49.9 Å². The van der Waals surface area contributed by atoms with E-state index in [0.29, 0.717) is 12.3 Å². The summed E-state index contributed by atoms with van der Waals surface area (Å²) in [7, 11) is 0. The minimum absolute atomic E-state index is 0.00758. The maximum atomic E-state index is 12.4. The Balaban J connectivity index is 1.25. The summed E-state index contributed by atoms with van der Waals surface area (Å²) < 4.78 is 11.2. The maximum absolute atomic E-state index is 12.4. The second kappa shape index (κ2) is 8.16. The molecule has 2 aromatic rings. The van der Waals surface area contributed by atoms with Crippen molar-refractivity contribution in [3.63, 3.8) is 0 Å². The quantitative estimate of drug-likeness (QED) is 0.895. The topological polar surface area (TPSA) is 50.8 Å². The predicted octanol–water partition coefficient (Wildman–Crippen LogP) is 3.25. The van der Waals surface area contributed by atoms with E-state index in [2.05, 4.69) is 22.3 Å². The lowest BCUT2D eigenvalue weighted by molar-refractivity contribution is -0.117. The largest absolute Gasteiger partial charge is 0.350 e. The van der Waals surface area contributed by atoms with Crippen LogP contribution in [0.25, 0.3) is 10.8 Å². The molecular weight excluding hydrogens is 328 g/mol. The lowest BCUT2D eigenvalue weighted by Gasteiger charge is -2.33. The van der Waals surface area contributed by atoms with Crippen LogP contribution >= 0.6 is 0 Å². The first-order chi connectivity index (χ1) is 12.8. The van der Waals surface area contributed by atoms with Gasteiger partial charge in [0.2, 0.25) is 5.91 Å². The highest BCUT2D eigenvalue weighted by Gasteiger charge is 2.30. The Morgan fingerprint density at radius 2 is 1.77 bits per heavy atom. The van der Waals surface area contributed by atoms with Crippen molar-refractivity contribution in [1.82, 2.24) is 4.90 Å². The number of rotatable bonds is 5. The molecule has 2 aliphatic heterocycles. The Morgan fingerprint density at radius 1 is 1.04 bits per heavy atom. The van der Waals surface area contributed by atoms with E-state index in [0.717, 1.165) is 62.1 Å². The number of likely N-dealkylation sites (tertiary alicyclic amines) is 1. The Morgan fingerprint density at radius 3 is 2.58 bits per heavy atom. The van der Waals surface area contributed by atoms with Crippen LogP contribution in [0.5, 0.6) is 0 Å². The van der Waals surface area contributed by atoms with Crippen LogP contribution in [0.4, 0.5) is 5.69 Å².